The van der Waals surface area contributed by atoms with Gasteiger partial charge in [-0.15, -0.1) is 0 Å². The van der Waals surface area contributed by atoms with Gasteiger partial charge in [0.25, 0.3) is 0 Å². The van der Waals surface area contributed by atoms with E-state index in [-0.39, 0.29) is 0 Å². The van der Waals surface area contributed by atoms with Crippen LogP contribution in [0.5, 0.6) is 5.75 Å². The lowest BCUT2D eigenvalue weighted by molar-refractivity contribution is 0.415. The average molecular weight is 287 g/mol. The van der Waals surface area contributed by atoms with Crippen molar-refractivity contribution < 1.29 is 4.74 Å². The molecule has 0 saturated heterocycles. The number of fused-ring (bicyclic) bond motifs is 1. The molecule has 0 aliphatic heterocycles. The SMILES string of the molecule is CCN(CC)c1nc2ccc(OC)cc2cc1CCCN. The second kappa shape index (κ2) is 7.27. The van der Waals surface area contributed by atoms with E-state index in [0.717, 1.165) is 48.4 Å². The fourth-order valence-electron chi connectivity index (χ4n) is 2.59. The molecule has 0 aliphatic rings. The molecule has 0 bridgehead atoms. The highest BCUT2D eigenvalue weighted by Crippen LogP contribution is 2.27. The van der Waals surface area contributed by atoms with Gasteiger partial charge in [0.15, 0.2) is 0 Å². The van der Waals surface area contributed by atoms with Crippen LogP contribution in [-0.2, 0) is 6.42 Å². The van der Waals surface area contributed by atoms with Gasteiger partial charge < -0.3 is 15.4 Å². The fraction of sp³-hybridized carbons (Fsp3) is 0.471. The van der Waals surface area contributed by atoms with Gasteiger partial charge in [-0.05, 0) is 63.1 Å². The zero-order valence-electron chi connectivity index (χ0n) is 13.2. The Balaban J connectivity index is 2.53. The zero-order chi connectivity index (χ0) is 15.2. The van der Waals surface area contributed by atoms with Crippen LogP contribution in [0.25, 0.3) is 10.9 Å². The van der Waals surface area contributed by atoms with E-state index in [1.54, 1.807) is 7.11 Å². The molecule has 21 heavy (non-hydrogen) atoms. The number of anilines is 1. The average Bonchev–Trinajstić information content (AvgIpc) is 2.53. The molecule has 114 valence electrons. The van der Waals surface area contributed by atoms with Gasteiger partial charge in [0, 0.05) is 18.5 Å². The monoisotopic (exact) mass is 287 g/mol. The first kappa shape index (κ1) is 15.6. The first-order valence-electron chi connectivity index (χ1n) is 7.66. The lowest BCUT2D eigenvalue weighted by Crippen LogP contribution is -2.24. The third-order valence-electron chi connectivity index (χ3n) is 3.79. The highest BCUT2D eigenvalue weighted by atomic mass is 16.5. The Kier molecular flexibility index (Phi) is 5.39. The minimum atomic E-state index is 0.702. The van der Waals surface area contributed by atoms with Crippen molar-refractivity contribution in [3.05, 3.63) is 29.8 Å². The summed E-state index contributed by atoms with van der Waals surface area (Å²) in [5, 5.41) is 1.12. The van der Waals surface area contributed by atoms with Gasteiger partial charge in [0.1, 0.15) is 11.6 Å². The van der Waals surface area contributed by atoms with Gasteiger partial charge >= 0.3 is 0 Å². The maximum absolute atomic E-state index is 5.67. The van der Waals surface area contributed by atoms with Crippen molar-refractivity contribution in [3.63, 3.8) is 0 Å². The van der Waals surface area contributed by atoms with Crippen LogP contribution in [0.15, 0.2) is 24.3 Å². The topological polar surface area (TPSA) is 51.4 Å². The number of benzene rings is 1. The van der Waals surface area contributed by atoms with Crippen LogP contribution in [0.1, 0.15) is 25.8 Å². The number of methoxy groups -OCH3 is 1. The Morgan fingerprint density at radius 3 is 2.57 bits per heavy atom. The van der Waals surface area contributed by atoms with E-state index in [9.17, 15) is 0 Å². The fourth-order valence-corrected chi connectivity index (χ4v) is 2.59. The Bertz CT molecular complexity index is 594. The summed E-state index contributed by atoms with van der Waals surface area (Å²) >= 11 is 0. The number of aromatic nitrogens is 1. The second-order valence-corrected chi connectivity index (χ2v) is 5.09. The minimum Gasteiger partial charge on any atom is -0.497 e. The number of nitrogens with two attached hydrogens (primary N) is 1. The molecular weight excluding hydrogens is 262 g/mol. The van der Waals surface area contributed by atoms with Gasteiger partial charge in [0.05, 0.1) is 12.6 Å². The predicted molar refractivity (Wildman–Crippen MR) is 89.2 cm³/mol. The van der Waals surface area contributed by atoms with Crippen molar-refractivity contribution >= 4 is 16.7 Å². The van der Waals surface area contributed by atoms with Crippen LogP contribution in [-0.4, -0.2) is 31.7 Å². The van der Waals surface area contributed by atoms with E-state index in [0.29, 0.717) is 6.54 Å². The predicted octanol–water partition coefficient (Wildman–Crippen LogP) is 2.98. The van der Waals surface area contributed by atoms with Crippen molar-refractivity contribution in [1.82, 2.24) is 4.98 Å². The molecule has 2 N–H and O–H groups in total. The molecule has 2 aromatic rings. The molecule has 0 aliphatic carbocycles. The summed E-state index contributed by atoms with van der Waals surface area (Å²) in [7, 11) is 1.69. The van der Waals surface area contributed by atoms with Gasteiger partial charge in [-0.25, -0.2) is 4.98 Å². The molecule has 1 aromatic carbocycles. The summed E-state index contributed by atoms with van der Waals surface area (Å²) in [5.41, 5.74) is 7.95. The molecule has 0 amide bonds. The lowest BCUT2D eigenvalue weighted by atomic mass is 10.1. The molecule has 1 heterocycles. The molecule has 0 atom stereocenters. The van der Waals surface area contributed by atoms with Crippen molar-refractivity contribution in [2.75, 3.05) is 31.6 Å². The highest BCUT2D eigenvalue weighted by Gasteiger charge is 2.12. The summed E-state index contributed by atoms with van der Waals surface area (Å²) in [4.78, 5) is 7.18. The molecule has 0 spiro atoms. The number of aryl methyl sites for hydroxylation is 1. The molecule has 2 rings (SSSR count). The van der Waals surface area contributed by atoms with Crippen molar-refractivity contribution in [3.8, 4) is 5.75 Å². The van der Waals surface area contributed by atoms with E-state index < -0.39 is 0 Å². The maximum atomic E-state index is 5.67. The van der Waals surface area contributed by atoms with E-state index in [2.05, 4.69) is 24.8 Å². The van der Waals surface area contributed by atoms with Gasteiger partial charge in [-0.2, -0.15) is 0 Å². The molecule has 1 aromatic heterocycles. The van der Waals surface area contributed by atoms with Gasteiger partial charge in [0.2, 0.25) is 0 Å². The first-order valence-corrected chi connectivity index (χ1v) is 7.66. The Hall–Kier alpha value is -1.81. The molecule has 4 nitrogen and oxygen atoms in total. The summed E-state index contributed by atoms with van der Waals surface area (Å²) in [6, 6.07) is 8.25. The standard InChI is InChI=1S/C17H25N3O/c1-4-20(5-2)17-13(7-6-10-18)11-14-12-15(21-3)8-9-16(14)19-17/h8-9,11-12H,4-7,10,18H2,1-3H3. The Morgan fingerprint density at radius 2 is 1.95 bits per heavy atom. The largest absolute Gasteiger partial charge is 0.497 e. The normalized spacial score (nSPS) is 10.9. The number of nitrogens with zero attached hydrogens (tertiary/aromatic N) is 2. The first-order chi connectivity index (χ1) is 10.2. The minimum absolute atomic E-state index is 0.702. The van der Waals surface area contributed by atoms with Crippen LogP contribution in [0.2, 0.25) is 0 Å². The molecule has 0 fully saturated rings. The maximum Gasteiger partial charge on any atom is 0.132 e. The second-order valence-electron chi connectivity index (χ2n) is 5.09. The van der Waals surface area contributed by atoms with E-state index in [1.165, 1.54) is 5.56 Å². The summed E-state index contributed by atoms with van der Waals surface area (Å²) in [6.07, 6.45) is 1.94. The van der Waals surface area contributed by atoms with Gasteiger partial charge in [-0.1, -0.05) is 0 Å². The third-order valence-corrected chi connectivity index (χ3v) is 3.79. The number of hydrogen-bond donors (Lipinski definition) is 1. The summed E-state index contributed by atoms with van der Waals surface area (Å²) in [5.74, 6) is 1.95. The van der Waals surface area contributed by atoms with Crippen molar-refractivity contribution in [1.29, 1.82) is 0 Å². The number of rotatable bonds is 7. The van der Waals surface area contributed by atoms with Crippen molar-refractivity contribution in [2.45, 2.75) is 26.7 Å². The molecular formula is C17H25N3O. The molecule has 0 saturated carbocycles. The van der Waals surface area contributed by atoms with Gasteiger partial charge in [-0.3, -0.25) is 0 Å². The van der Waals surface area contributed by atoms with Crippen LogP contribution in [0.4, 0.5) is 5.82 Å². The van der Waals surface area contributed by atoms with Crippen LogP contribution < -0.4 is 15.4 Å². The quantitative estimate of drug-likeness (QED) is 0.850. The molecule has 0 radical (unpaired) electrons. The lowest BCUT2D eigenvalue weighted by Gasteiger charge is -2.23. The van der Waals surface area contributed by atoms with E-state index in [4.69, 9.17) is 15.5 Å². The Labute approximate surface area is 126 Å². The number of hydrogen-bond acceptors (Lipinski definition) is 4. The smallest absolute Gasteiger partial charge is 0.132 e. The summed E-state index contributed by atoms with van der Waals surface area (Å²) < 4.78 is 5.31. The highest BCUT2D eigenvalue weighted by molar-refractivity contribution is 5.83. The molecule has 4 heteroatoms. The van der Waals surface area contributed by atoms with E-state index in [1.807, 2.05) is 18.2 Å². The zero-order valence-corrected chi connectivity index (χ0v) is 13.2. The van der Waals surface area contributed by atoms with E-state index >= 15 is 0 Å². The third kappa shape index (κ3) is 3.45. The number of ether oxygens (including phenoxy) is 1. The van der Waals surface area contributed by atoms with Crippen LogP contribution in [0.3, 0.4) is 0 Å². The molecule has 0 unspecified atom stereocenters. The van der Waals surface area contributed by atoms with Crippen LogP contribution >= 0.6 is 0 Å². The van der Waals surface area contributed by atoms with Crippen molar-refractivity contribution in [2.24, 2.45) is 5.73 Å². The summed E-state index contributed by atoms with van der Waals surface area (Å²) in [6.45, 7) is 6.95. The Morgan fingerprint density at radius 1 is 1.19 bits per heavy atom. The van der Waals surface area contributed by atoms with Crippen LogP contribution in [0, 0.1) is 0 Å². The number of pyridine rings is 1.